The van der Waals surface area contributed by atoms with Crippen LogP contribution in [0.3, 0.4) is 0 Å². The molecule has 4 aliphatic carbocycles. The van der Waals surface area contributed by atoms with Crippen LogP contribution in [-0.4, -0.2) is 10.8 Å². The van der Waals surface area contributed by atoms with E-state index in [9.17, 15) is 4.79 Å². The van der Waals surface area contributed by atoms with E-state index < -0.39 is 0 Å². The van der Waals surface area contributed by atoms with Crippen molar-refractivity contribution >= 4 is 23.2 Å². The van der Waals surface area contributed by atoms with Gasteiger partial charge in [0.1, 0.15) is 0 Å². The van der Waals surface area contributed by atoms with Gasteiger partial charge in [0.05, 0.1) is 5.41 Å². The van der Waals surface area contributed by atoms with E-state index in [1.54, 1.807) is 0 Å². The normalized spacial score (nSPS) is 37.9. The van der Waals surface area contributed by atoms with E-state index in [0.29, 0.717) is 11.8 Å². The molecule has 0 radical (unpaired) electrons. The fourth-order valence-electron chi connectivity index (χ4n) is 5.86. The third-order valence-electron chi connectivity index (χ3n) is 6.45. The summed E-state index contributed by atoms with van der Waals surface area (Å²) in [5, 5.41) is 3.31. The van der Waals surface area contributed by atoms with Crippen molar-refractivity contribution in [3.05, 3.63) is 29.3 Å². The summed E-state index contributed by atoms with van der Waals surface area (Å²) < 4.78 is 0. The zero-order chi connectivity index (χ0) is 16.2. The molecule has 4 bridgehead atoms. The molecule has 0 saturated heterocycles. The molecule has 4 fully saturated rings. The summed E-state index contributed by atoms with van der Waals surface area (Å²) in [6, 6.07) is 6.27. The van der Waals surface area contributed by atoms with Crippen molar-refractivity contribution in [2.75, 3.05) is 5.32 Å². The zero-order valence-corrected chi connectivity index (χ0v) is 14.9. The first-order chi connectivity index (χ1) is 10.9. The number of benzene rings is 1. The average Bonchev–Trinajstić information content (AvgIpc) is 2.46. The molecule has 23 heavy (non-hydrogen) atoms. The maximum Gasteiger partial charge on any atom is 0.230 e. The fraction of sp³-hybridized carbons (Fsp3) is 0.650. The van der Waals surface area contributed by atoms with Gasteiger partial charge in [0.25, 0.3) is 0 Å². The summed E-state index contributed by atoms with van der Waals surface area (Å²) in [6.45, 7) is 4.22. The zero-order valence-electron chi connectivity index (χ0n) is 14.1. The number of amides is 1. The van der Waals surface area contributed by atoms with Crippen molar-refractivity contribution in [2.24, 2.45) is 17.3 Å². The summed E-state index contributed by atoms with van der Waals surface area (Å²) in [6.07, 6.45) is 7.40. The molecule has 1 N–H and O–H groups in total. The van der Waals surface area contributed by atoms with E-state index in [1.807, 2.05) is 0 Å². The van der Waals surface area contributed by atoms with Gasteiger partial charge in [0, 0.05) is 10.6 Å². The van der Waals surface area contributed by atoms with Crippen LogP contribution in [0, 0.1) is 24.2 Å². The predicted octanol–water partition coefficient (Wildman–Crippen LogP) is 5.07. The lowest BCUT2D eigenvalue weighted by molar-refractivity contribution is -0.138. The summed E-state index contributed by atoms with van der Waals surface area (Å²) >= 11 is 6.88. The Hall–Kier alpha value is -1.02. The highest BCUT2D eigenvalue weighted by molar-refractivity contribution is 6.24. The number of rotatable bonds is 3. The Kier molecular flexibility index (Phi) is 3.53. The highest BCUT2D eigenvalue weighted by Gasteiger charge is 2.60. The number of para-hydroxylation sites is 1. The third kappa shape index (κ3) is 2.50. The largest absolute Gasteiger partial charge is 0.325 e. The van der Waals surface area contributed by atoms with Gasteiger partial charge in [-0.2, -0.15) is 0 Å². The number of carbonyl (C=O) groups is 1. The molecule has 5 rings (SSSR count). The smallest absolute Gasteiger partial charge is 0.230 e. The lowest BCUT2D eigenvalue weighted by Gasteiger charge is -2.59. The van der Waals surface area contributed by atoms with E-state index in [1.165, 1.54) is 12.0 Å². The van der Waals surface area contributed by atoms with Crippen molar-refractivity contribution in [1.82, 2.24) is 0 Å². The second-order valence-corrected chi connectivity index (χ2v) is 9.11. The monoisotopic (exact) mass is 331 g/mol. The molecule has 1 amide bonds. The third-order valence-corrected chi connectivity index (χ3v) is 6.89. The summed E-state index contributed by atoms with van der Waals surface area (Å²) in [7, 11) is 0. The Morgan fingerprint density at radius 1 is 1.26 bits per heavy atom. The Bertz CT molecular complexity index is 639. The first-order valence-corrected chi connectivity index (χ1v) is 9.40. The molecule has 124 valence electrons. The topological polar surface area (TPSA) is 29.1 Å². The van der Waals surface area contributed by atoms with Crippen molar-refractivity contribution in [3.8, 4) is 0 Å². The second-order valence-electron chi connectivity index (χ2n) is 8.31. The standard InChI is InChI=1S/C20H26ClNO/c1-3-16-6-4-5-13(2)17(16)22-18(23)19-8-14-7-15(9-19)11-20(21,10-14)12-19/h4-6,14-15H,3,7-12H2,1-2H3,(H,22,23)/t14-,15+,19?,20?. The van der Waals surface area contributed by atoms with Gasteiger partial charge in [-0.3, -0.25) is 4.79 Å². The quantitative estimate of drug-likeness (QED) is 0.769. The second kappa shape index (κ2) is 5.24. The van der Waals surface area contributed by atoms with Crippen LogP contribution >= 0.6 is 11.6 Å². The van der Waals surface area contributed by atoms with Gasteiger partial charge >= 0.3 is 0 Å². The number of anilines is 1. The van der Waals surface area contributed by atoms with Crippen LogP contribution in [0.1, 0.15) is 56.6 Å². The minimum Gasteiger partial charge on any atom is -0.325 e. The number of aryl methyl sites for hydroxylation is 2. The van der Waals surface area contributed by atoms with Crippen molar-refractivity contribution in [3.63, 3.8) is 0 Å². The SMILES string of the molecule is CCc1cccc(C)c1NC(=O)C12C[C@@H]3C[C@@H](CC(Cl)(C3)C1)C2. The molecule has 4 atom stereocenters. The molecule has 4 saturated carbocycles. The number of carbonyl (C=O) groups excluding carboxylic acids is 1. The molecular weight excluding hydrogens is 306 g/mol. The summed E-state index contributed by atoms with van der Waals surface area (Å²) in [5.74, 6) is 1.53. The van der Waals surface area contributed by atoms with E-state index in [4.69, 9.17) is 11.6 Å². The van der Waals surface area contributed by atoms with E-state index >= 15 is 0 Å². The average molecular weight is 332 g/mol. The Labute approximate surface area is 144 Å². The van der Waals surface area contributed by atoms with Crippen LogP contribution < -0.4 is 5.32 Å². The molecule has 0 heterocycles. The number of hydrogen-bond donors (Lipinski definition) is 1. The Morgan fingerprint density at radius 2 is 1.96 bits per heavy atom. The molecule has 3 heteroatoms. The fourth-order valence-corrected chi connectivity index (χ4v) is 6.56. The maximum atomic E-state index is 13.3. The first kappa shape index (κ1) is 15.5. The summed E-state index contributed by atoms with van der Waals surface area (Å²) in [4.78, 5) is 13.1. The minimum absolute atomic E-state index is 0.110. The van der Waals surface area contributed by atoms with Crippen LogP contribution in [0.4, 0.5) is 5.69 Å². The molecule has 2 nitrogen and oxygen atoms in total. The first-order valence-electron chi connectivity index (χ1n) is 9.02. The lowest BCUT2D eigenvalue weighted by atomic mass is 9.49. The van der Waals surface area contributed by atoms with Gasteiger partial charge in [-0.15, -0.1) is 11.6 Å². The molecule has 0 aliphatic heterocycles. The van der Waals surface area contributed by atoms with Gasteiger partial charge in [0.2, 0.25) is 5.91 Å². The Balaban J connectivity index is 1.63. The van der Waals surface area contributed by atoms with Gasteiger partial charge < -0.3 is 5.32 Å². The number of hydrogen-bond acceptors (Lipinski definition) is 1. The van der Waals surface area contributed by atoms with E-state index in [2.05, 4.69) is 37.4 Å². The van der Waals surface area contributed by atoms with Gasteiger partial charge in [-0.05, 0) is 74.8 Å². The predicted molar refractivity (Wildman–Crippen MR) is 94.9 cm³/mol. The number of alkyl halides is 1. The molecule has 1 aromatic carbocycles. The van der Waals surface area contributed by atoms with Gasteiger partial charge in [-0.1, -0.05) is 25.1 Å². The molecule has 0 aromatic heterocycles. The van der Waals surface area contributed by atoms with Crippen LogP contribution in [0.15, 0.2) is 18.2 Å². The highest BCUT2D eigenvalue weighted by Crippen LogP contribution is 2.64. The Morgan fingerprint density at radius 3 is 2.57 bits per heavy atom. The summed E-state index contributed by atoms with van der Waals surface area (Å²) in [5.41, 5.74) is 3.19. The lowest BCUT2D eigenvalue weighted by Crippen LogP contribution is -2.57. The van der Waals surface area contributed by atoms with Crippen molar-refractivity contribution in [2.45, 2.75) is 63.7 Å². The molecular formula is C20H26ClNO. The highest BCUT2D eigenvalue weighted by atomic mass is 35.5. The van der Waals surface area contributed by atoms with Gasteiger partial charge in [0.15, 0.2) is 0 Å². The molecule has 0 spiro atoms. The molecule has 1 aromatic rings. The van der Waals surface area contributed by atoms with Crippen molar-refractivity contribution in [1.29, 1.82) is 0 Å². The van der Waals surface area contributed by atoms with Crippen LogP contribution in [0.5, 0.6) is 0 Å². The van der Waals surface area contributed by atoms with Gasteiger partial charge in [-0.25, -0.2) is 0 Å². The molecule has 4 aliphatic rings. The maximum absolute atomic E-state index is 13.3. The van der Waals surface area contributed by atoms with Crippen molar-refractivity contribution < 1.29 is 4.79 Å². The van der Waals surface area contributed by atoms with E-state index in [-0.39, 0.29) is 16.2 Å². The number of halogens is 1. The van der Waals surface area contributed by atoms with Crippen LogP contribution in [-0.2, 0) is 11.2 Å². The van der Waals surface area contributed by atoms with Crippen LogP contribution in [0.2, 0.25) is 0 Å². The number of nitrogens with one attached hydrogen (secondary N) is 1. The molecule has 2 unspecified atom stereocenters. The van der Waals surface area contributed by atoms with E-state index in [0.717, 1.165) is 49.8 Å². The minimum atomic E-state index is -0.223. The van der Waals surface area contributed by atoms with Crippen LogP contribution in [0.25, 0.3) is 0 Å².